The first-order chi connectivity index (χ1) is 8.85. The van der Waals surface area contributed by atoms with E-state index >= 15 is 0 Å². The Bertz CT molecular complexity index is 404. The molecule has 0 radical (unpaired) electrons. The third-order valence-corrected chi connectivity index (χ3v) is 2.64. The number of hydrogen-bond donors (Lipinski definition) is 1. The zero-order valence-corrected chi connectivity index (χ0v) is 11.0. The van der Waals surface area contributed by atoms with Crippen LogP contribution in [0.2, 0.25) is 0 Å². The van der Waals surface area contributed by atoms with Gasteiger partial charge in [-0.2, -0.15) is 13.2 Å². The van der Waals surface area contributed by atoms with Gasteiger partial charge in [0.05, 0.1) is 0 Å². The molecule has 1 aromatic rings. The highest BCUT2D eigenvalue weighted by molar-refractivity contribution is 5.49. The Hall–Kier alpha value is -1.30. The fourth-order valence-electron chi connectivity index (χ4n) is 1.79. The van der Waals surface area contributed by atoms with Crippen LogP contribution in [0.3, 0.4) is 0 Å². The topological polar surface area (TPSA) is 15.3 Å². The number of benzene rings is 1. The lowest BCUT2D eigenvalue weighted by Gasteiger charge is -2.25. The highest BCUT2D eigenvalue weighted by Gasteiger charge is 2.30. The predicted molar refractivity (Wildman–Crippen MR) is 67.7 cm³/mol. The second-order valence-corrected chi connectivity index (χ2v) is 4.23. The van der Waals surface area contributed by atoms with E-state index in [4.69, 9.17) is 0 Å². The van der Waals surface area contributed by atoms with Crippen molar-refractivity contribution in [1.29, 1.82) is 0 Å². The van der Waals surface area contributed by atoms with Gasteiger partial charge in [0.15, 0.2) is 0 Å². The summed E-state index contributed by atoms with van der Waals surface area (Å²) in [7, 11) is 0. The molecule has 0 heterocycles. The van der Waals surface area contributed by atoms with E-state index in [2.05, 4.69) is 5.32 Å². The second kappa shape index (κ2) is 6.75. The summed E-state index contributed by atoms with van der Waals surface area (Å²) in [5.74, 6) is -0.522. The molecule has 0 aliphatic heterocycles. The number of halogens is 4. The lowest BCUT2D eigenvalue weighted by Crippen LogP contribution is -2.34. The lowest BCUT2D eigenvalue weighted by molar-refractivity contribution is -0.119. The monoisotopic (exact) mass is 278 g/mol. The number of hydrogen-bond acceptors (Lipinski definition) is 2. The van der Waals surface area contributed by atoms with Crippen LogP contribution in [0.1, 0.15) is 19.4 Å². The van der Waals surface area contributed by atoms with E-state index in [1.54, 1.807) is 13.0 Å². The van der Waals surface area contributed by atoms with E-state index < -0.39 is 18.5 Å². The summed E-state index contributed by atoms with van der Waals surface area (Å²) < 4.78 is 50.8. The smallest absolute Gasteiger partial charge is 0.363 e. The Kier molecular flexibility index (Phi) is 5.60. The molecule has 0 aromatic heterocycles. The Morgan fingerprint density at radius 1 is 1.16 bits per heavy atom. The van der Waals surface area contributed by atoms with Gasteiger partial charge in [-0.15, -0.1) is 0 Å². The number of nitrogens with one attached hydrogen (secondary N) is 1. The van der Waals surface area contributed by atoms with E-state index in [-0.39, 0.29) is 12.2 Å². The SMILES string of the molecule is CCNCc1cc(F)cc(N(CC)CC(F)(F)F)c1. The minimum Gasteiger partial charge on any atom is -0.363 e. The number of rotatable bonds is 6. The maximum Gasteiger partial charge on any atom is 0.405 e. The molecular weight excluding hydrogens is 260 g/mol. The molecule has 0 spiro atoms. The summed E-state index contributed by atoms with van der Waals surface area (Å²) in [6, 6.07) is 4.04. The Balaban J connectivity index is 2.93. The van der Waals surface area contributed by atoms with E-state index in [0.717, 1.165) is 11.0 Å². The second-order valence-electron chi connectivity index (χ2n) is 4.23. The molecule has 0 unspecified atom stereocenters. The van der Waals surface area contributed by atoms with Crippen molar-refractivity contribution in [2.75, 3.05) is 24.5 Å². The van der Waals surface area contributed by atoms with Crippen molar-refractivity contribution in [1.82, 2.24) is 5.32 Å². The minimum atomic E-state index is -4.30. The van der Waals surface area contributed by atoms with Crippen LogP contribution in [-0.4, -0.2) is 25.8 Å². The molecule has 0 fully saturated rings. The summed E-state index contributed by atoms with van der Waals surface area (Å²) in [6.07, 6.45) is -4.30. The van der Waals surface area contributed by atoms with Gasteiger partial charge < -0.3 is 10.2 Å². The molecule has 19 heavy (non-hydrogen) atoms. The molecule has 0 saturated heterocycles. The van der Waals surface area contributed by atoms with Gasteiger partial charge in [0.1, 0.15) is 12.4 Å². The fraction of sp³-hybridized carbons (Fsp3) is 0.538. The summed E-state index contributed by atoms with van der Waals surface area (Å²) in [4.78, 5) is 1.11. The van der Waals surface area contributed by atoms with Crippen LogP contribution in [0.4, 0.5) is 23.2 Å². The Labute approximate surface area is 110 Å². The molecule has 108 valence electrons. The maximum atomic E-state index is 13.4. The number of nitrogens with zero attached hydrogens (tertiary/aromatic N) is 1. The molecule has 0 bridgehead atoms. The summed E-state index contributed by atoms with van der Waals surface area (Å²) in [5, 5.41) is 3.02. The van der Waals surface area contributed by atoms with Crippen molar-refractivity contribution < 1.29 is 17.6 Å². The first-order valence-corrected chi connectivity index (χ1v) is 6.17. The lowest BCUT2D eigenvalue weighted by atomic mass is 10.1. The van der Waals surface area contributed by atoms with Crippen LogP contribution in [0.15, 0.2) is 18.2 Å². The van der Waals surface area contributed by atoms with E-state index in [9.17, 15) is 17.6 Å². The summed E-state index contributed by atoms with van der Waals surface area (Å²) in [5.41, 5.74) is 0.894. The van der Waals surface area contributed by atoms with Crippen molar-refractivity contribution in [3.63, 3.8) is 0 Å². The van der Waals surface area contributed by atoms with Gasteiger partial charge in [-0.05, 0) is 37.2 Å². The summed E-state index contributed by atoms with van der Waals surface area (Å²) in [6.45, 7) is 3.76. The molecule has 0 atom stereocenters. The molecule has 0 aliphatic carbocycles. The Morgan fingerprint density at radius 3 is 2.37 bits per heavy atom. The molecule has 1 rings (SSSR count). The maximum absolute atomic E-state index is 13.4. The van der Waals surface area contributed by atoms with E-state index in [1.807, 2.05) is 6.92 Å². The van der Waals surface area contributed by atoms with Gasteiger partial charge in [0.25, 0.3) is 0 Å². The van der Waals surface area contributed by atoms with Gasteiger partial charge >= 0.3 is 6.18 Å². The van der Waals surface area contributed by atoms with Crippen LogP contribution < -0.4 is 10.2 Å². The summed E-state index contributed by atoms with van der Waals surface area (Å²) >= 11 is 0. The van der Waals surface area contributed by atoms with Crippen LogP contribution in [0.25, 0.3) is 0 Å². The fourth-order valence-corrected chi connectivity index (χ4v) is 1.79. The van der Waals surface area contributed by atoms with Crippen LogP contribution >= 0.6 is 0 Å². The van der Waals surface area contributed by atoms with Crippen LogP contribution in [-0.2, 0) is 6.54 Å². The van der Waals surface area contributed by atoms with Crippen molar-refractivity contribution in [3.8, 4) is 0 Å². The third-order valence-electron chi connectivity index (χ3n) is 2.64. The highest BCUT2D eigenvalue weighted by Crippen LogP contribution is 2.24. The Morgan fingerprint density at radius 2 is 1.84 bits per heavy atom. The van der Waals surface area contributed by atoms with E-state index in [0.29, 0.717) is 18.7 Å². The van der Waals surface area contributed by atoms with Gasteiger partial charge in [-0.3, -0.25) is 0 Å². The van der Waals surface area contributed by atoms with Crippen molar-refractivity contribution >= 4 is 5.69 Å². The average molecular weight is 278 g/mol. The quantitative estimate of drug-likeness (QED) is 0.803. The van der Waals surface area contributed by atoms with Crippen molar-refractivity contribution in [2.45, 2.75) is 26.6 Å². The van der Waals surface area contributed by atoms with Gasteiger partial charge in [0.2, 0.25) is 0 Å². The van der Waals surface area contributed by atoms with Crippen molar-refractivity contribution in [2.24, 2.45) is 0 Å². The van der Waals surface area contributed by atoms with Gasteiger partial charge in [0, 0.05) is 18.8 Å². The van der Waals surface area contributed by atoms with Gasteiger partial charge in [-0.1, -0.05) is 6.92 Å². The zero-order chi connectivity index (χ0) is 14.5. The molecule has 1 aromatic carbocycles. The highest BCUT2D eigenvalue weighted by atomic mass is 19.4. The molecule has 2 nitrogen and oxygen atoms in total. The van der Waals surface area contributed by atoms with E-state index in [1.165, 1.54) is 6.07 Å². The molecule has 0 aliphatic rings. The predicted octanol–water partition coefficient (Wildman–Crippen LogP) is 3.32. The molecular formula is C13H18F4N2. The molecule has 0 saturated carbocycles. The molecule has 6 heteroatoms. The number of alkyl halides is 3. The minimum absolute atomic E-state index is 0.170. The standard InChI is InChI=1S/C13H18F4N2/c1-3-18-8-10-5-11(14)7-12(6-10)19(4-2)9-13(15,16)17/h5-7,18H,3-4,8-9H2,1-2H3. The van der Waals surface area contributed by atoms with Gasteiger partial charge in [-0.25, -0.2) is 4.39 Å². The first-order valence-electron chi connectivity index (χ1n) is 6.17. The molecule has 1 N–H and O–H groups in total. The van der Waals surface area contributed by atoms with Crippen LogP contribution in [0, 0.1) is 5.82 Å². The average Bonchev–Trinajstić information content (AvgIpc) is 2.31. The number of anilines is 1. The third kappa shape index (κ3) is 5.46. The normalized spacial score (nSPS) is 11.7. The van der Waals surface area contributed by atoms with Crippen LogP contribution in [0.5, 0.6) is 0 Å². The largest absolute Gasteiger partial charge is 0.405 e. The van der Waals surface area contributed by atoms with Crippen molar-refractivity contribution in [3.05, 3.63) is 29.6 Å². The molecule has 0 amide bonds. The first kappa shape index (κ1) is 15.8. The zero-order valence-electron chi connectivity index (χ0n) is 11.0.